The summed E-state index contributed by atoms with van der Waals surface area (Å²) >= 11 is 0. The number of hydrogen-bond acceptors (Lipinski definition) is 3. The van der Waals surface area contributed by atoms with E-state index in [4.69, 9.17) is 10.5 Å². The molecule has 4 heteroatoms. The lowest BCUT2D eigenvalue weighted by Crippen LogP contribution is -2.39. The number of amides is 1. The molecule has 0 fully saturated rings. The quantitative estimate of drug-likeness (QED) is 0.633. The number of ether oxygens (including phenoxy) is 1. The van der Waals surface area contributed by atoms with Crippen LogP contribution in [0.4, 0.5) is 11.4 Å². The predicted molar refractivity (Wildman–Crippen MR) is 77.5 cm³/mol. The second kappa shape index (κ2) is 6.45. The number of carbonyl (C=O) groups is 1. The minimum absolute atomic E-state index is 0.0350. The molecule has 1 aliphatic heterocycles. The molecule has 2 rings (SSSR count). The molecule has 0 aromatic heterocycles. The Bertz CT molecular complexity index is 446. The van der Waals surface area contributed by atoms with Gasteiger partial charge >= 0.3 is 0 Å². The molecule has 4 nitrogen and oxygen atoms in total. The Morgan fingerprint density at radius 1 is 1.26 bits per heavy atom. The van der Waals surface area contributed by atoms with Crippen molar-refractivity contribution in [2.24, 2.45) is 0 Å². The van der Waals surface area contributed by atoms with Crippen molar-refractivity contribution in [3.63, 3.8) is 0 Å². The second-order valence-corrected chi connectivity index (χ2v) is 4.98. The highest BCUT2D eigenvalue weighted by Crippen LogP contribution is 2.33. The summed E-state index contributed by atoms with van der Waals surface area (Å²) in [6.07, 6.45) is 5.95. The average molecular weight is 262 g/mol. The van der Waals surface area contributed by atoms with Crippen molar-refractivity contribution in [1.82, 2.24) is 0 Å². The molecule has 1 aromatic rings. The maximum absolute atomic E-state index is 11.9. The van der Waals surface area contributed by atoms with Gasteiger partial charge in [-0.1, -0.05) is 32.6 Å². The van der Waals surface area contributed by atoms with Gasteiger partial charge in [0.1, 0.15) is 5.75 Å². The number of anilines is 2. The van der Waals surface area contributed by atoms with Crippen molar-refractivity contribution in [3.8, 4) is 5.75 Å². The fourth-order valence-corrected chi connectivity index (χ4v) is 2.34. The van der Waals surface area contributed by atoms with Gasteiger partial charge in [-0.05, 0) is 18.6 Å². The lowest BCUT2D eigenvalue weighted by Gasteiger charge is -2.29. The van der Waals surface area contributed by atoms with Crippen LogP contribution < -0.4 is 15.4 Å². The molecule has 104 valence electrons. The van der Waals surface area contributed by atoms with Gasteiger partial charge in [0.2, 0.25) is 0 Å². The normalized spacial score (nSPS) is 14.2. The Balaban J connectivity index is 1.98. The summed E-state index contributed by atoms with van der Waals surface area (Å²) < 4.78 is 5.42. The molecule has 0 unspecified atom stereocenters. The first kappa shape index (κ1) is 13.7. The highest BCUT2D eigenvalue weighted by Gasteiger charge is 2.24. The molecule has 0 atom stereocenters. The fraction of sp³-hybridized carbons (Fsp3) is 0.533. The number of nitrogen functional groups attached to an aromatic ring is 1. The van der Waals surface area contributed by atoms with Crippen LogP contribution in [0, 0.1) is 0 Å². The van der Waals surface area contributed by atoms with Gasteiger partial charge in [-0.2, -0.15) is 0 Å². The Hall–Kier alpha value is -1.71. The Morgan fingerprint density at radius 3 is 2.84 bits per heavy atom. The number of carbonyl (C=O) groups excluding carboxylic acids is 1. The third-order valence-electron chi connectivity index (χ3n) is 3.41. The van der Waals surface area contributed by atoms with E-state index in [9.17, 15) is 4.79 Å². The summed E-state index contributed by atoms with van der Waals surface area (Å²) in [5, 5.41) is 0. The molecule has 2 N–H and O–H groups in total. The Labute approximate surface area is 114 Å². The van der Waals surface area contributed by atoms with E-state index in [-0.39, 0.29) is 12.5 Å². The summed E-state index contributed by atoms with van der Waals surface area (Å²) in [5.74, 6) is 0.751. The van der Waals surface area contributed by atoms with Crippen molar-refractivity contribution < 1.29 is 9.53 Å². The zero-order valence-electron chi connectivity index (χ0n) is 11.5. The number of nitrogens with zero attached hydrogens (tertiary/aromatic N) is 1. The Morgan fingerprint density at radius 2 is 2.05 bits per heavy atom. The van der Waals surface area contributed by atoms with Crippen molar-refractivity contribution in [2.45, 2.75) is 39.0 Å². The lowest BCUT2D eigenvalue weighted by atomic mass is 10.1. The topological polar surface area (TPSA) is 55.6 Å². The number of benzene rings is 1. The first-order chi connectivity index (χ1) is 9.22. The van der Waals surface area contributed by atoms with E-state index >= 15 is 0 Å². The first-order valence-electron chi connectivity index (χ1n) is 7.05. The highest BCUT2D eigenvalue weighted by molar-refractivity contribution is 5.98. The minimum Gasteiger partial charge on any atom is -0.481 e. The lowest BCUT2D eigenvalue weighted by molar-refractivity contribution is -0.121. The zero-order valence-corrected chi connectivity index (χ0v) is 11.5. The van der Waals surface area contributed by atoms with E-state index in [1.807, 2.05) is 17.0 Å². The van der Waals surface area contributed by atoms with Crippen LogP contribution in [0.25, 0.3) is 0 Å². The third-order valence-corrected chi connectivity index (χ3v) is 3.41. The summed E-state index contributed by atoms with van der Waals surface area (Å²) in [4.78, 5) is 13.8. The smallest absolute Gasteiger partial charge is 0.265 e. The molecule has 0 bridgehead atoms. The van der Waals surface area contributed by atoms with Crippen molar-refractivity contribution in [1.29, 1.82) is 0 Å². The van der Waals surface area contributed by atoms with Gasteiger partial charge in [-0.3, -0.25) is 4.79 Å². The molecule has 0 radical (unpaired) electrons. The van der Waals surface area contributed by atoms with Crippen LogP contribution in [0.3, 0.4) is 0 Å². The number of rotatable bonds is 6. The van der Waals surface area contributed by atoms with E-state index in [0.29, 0.717) is 11.4 Å². The molecule has 19 heavy (non-hydrogen) atoms. The number of nitrogens with two attached hydrogens (primary N) is 1. The van der Waals surface area contributed by atoms with Gasteiger partial charge in [-0.15, -0.1) is 0 Å². The average Bonchev–Trinajstić information content (AvgIpc) is 2.41. The molecule has 0 spiro atoms. The van der Waals surface area contributed by atoms with Crippen LogP contribution in [0.15, 0.2) is 18.2 Å². The minimum atomic E-state index is 0.0350. The zero-order chi connectivity index (χ0) is 13.7. The van der Waals surface area contributed by atoms with E-state index in [0.717, 1.165) is 18.7 Å². The molecule has 0 saturated heterocycles. The first-order valence-corrected chi connectivity index (χ1v) is 7.05. The Kier molecular flexibility index (Phi) is 4.66. The van der Waals surface area contributed by atoms with Crippen LogP contribution >= 0.6 is 0 Å². The number of unbranched alkanes of at least 4 members (excludes halogenated alkanes) is 4. The molecule has 0 aliphatic carbocycles. The molecular weight excluding hydrogens is 240 g/mol. The van der Waals surface area contributed by atoms with Crippen molar-refractivity contribution >= 4 is 17.3 Å². The molecule has 1 heterocycles. The summed E-state index contributed by atoms with van der Waals surface area (Å²) in [5.41, 5.74) is 7.24. The van der Waals surface area contributed by atoms with Crippen LogP contribution in [0.5, 0.6) is 5.75 Å². The number of fused-ring (bicyclic) bond motifs is 1. The van der Waals surface area contributed by atoms with Crippen molar-refractivity contribution in [3.05, 3.63) is 18.2 Å². The van der Waals surface area contributed by atoms with Gasteiger partial charge in [0.25, 0.3) is 5.91 Å². The molecule has 1 aromatic carbocycles. The monoisotopic (exact) mass is 262 g/mol. The van der Waals surface area contributed by atoms with Crippen LogP contribution in [-0.2, 0) is 4.79 Å². The summed E-state index contributed by atoms with van der Waals surface area (Å²) in [7, 11) is 0. The van der Waals surface area contributed by atoms with E-state index in [1.165, 1.54) is 25.7 Å². The van der Waals surface area contributed by atoms with E-state index < -0.39 is 0 Å². The van der Waals surface area contributed by atoms with Crippen LogP contribution in [0.1, 0.15) is 39.0 Å². The predicted octanol–water partition coefficient (Wildman–Crippen LogP) is 2.96. The molecular formula is C15H22N2O2. The van der Waals surface area contributed by atoms with Gasteiger partial charge in [0.15, 0.2) is 6.61 Å². The van der Waals surface area contributed by atoms with Gasteiger partial charge in [0, 0.05) is 18.3 Å². The highest BCUT2D eigenvalue weighted by atomic mass is 16.5. The van der Waals surface area contributed by atoms with E-state index in [1.54, 1.807) is 6.07 Å². The fourth-order valence-electron chi connectivity index (χ4n) is 2.34. The SMILES string of the molecule is CCCCCCCN1C(=O)COc2cc(N)ccc21. The third kappa shape index (κ3) is 3.40. The summed E-state index contributed by atoms with van der Waals surface area (Å²) in [6.45, 7) is 3.08. The van der Waals surface area contributed by atoms with Gasteiger partial charge in [0.05, 0.1) is 5.69 Å². The second-order valence-electron chi connectivity index (χ2n) is 4.98. The standard InChI is InChI=1S/C15H22N2O2/c1-2-3-4-5-6-9-17-13-8-7-12(16)10-14(13)19-11-15(17)18/h7-8,10H,2-6,9,11,16H2,1H3. The number of hydrogen-bond donors (Lipinski definition) is 1. The maximum Gasteiger partial charge on any atom is 0.265 e. The van der Waals surface area contributed by atoms with Crippen LogP contribution in [0.2, 0.25) is 0 Å². The largest absolute Gasteiger partial charge is 0.481 e. The summed E-state index contributed by atoms with van der Waals surface area (Å²) in [6, 6.07) is 5.46. The molecule has 1 aliphatic rings. The van der Waals surface area contributed by atoms with E-state index in [2.05, 4.69) is 6.92 Å². The van der Waals surface area contributed by atoms with Gasteiger partial charge in [-0.25, -0.2) is 0 Å². The van der Waals surface area contributed by atoms with Crippen molar-refractivity contribution in [2.75, 3.05) is 23.8 Å². The molecule has 0 saturated carbocycles. The van der Waals surface area contributed by atoms with Crippen LogP contribution in [-0.4, -0.2) is 19.1 Å². The maximum atomic E-state index is 11.9. The van der Waals surface area contributed by atoms with Gasteiger partial charge < -0.3 is 15.4 Å². The molecule has 1 amide bonds.